The van der Waals surface area contributed by atoms with Crippen LogP contribution in [0.3, 0.4) is 0 Å². The van der Waals surface area contributed by atoms with Gasteiger partial charge in [0.15, 0.2) is 0 Å². The van der Waals surface area contributed by atoms with Crippen LogP contribution in [0.5, 0.6) is 5.75 Å². The van der Waals surface area contributed by atoms with Gasteiger partial charge in [0.25, 0.3) is 11.7 Å². The zero-order valence-electron chi connectivity index (χ0n) is 16.6. The third-order valence-electron chi connectivity index (χ3n) is 5.71. The fourth-order valence-electron chi connectivity index (χ4n) is 4.35. The van der Waals surface area contributed by atoms with Crippen LogP contribution in [0.2, 0.25) is 0 Å². The number of fused-ring (bicyclic) bond motifs is 3. The van der Waals surface area contributed by atoms with Crippen molar-refractivity contribution in [1.29, 1.82) is 0 Å². The molecule has 1 amide bonds. The summed E-state index contributed by atoms with van der Waals surface area (Å²) in [5.74, 6) is -0.668. The molecule has 0 bridgehead atoms. The second-order valence-corrected chi connectivity index (χ2v) is 7.55. The molecule has 0 aromatic heterocycles. The lowest BCUT2D eigenvalue weighted by Gasteiger charge is -2.22. The lowest BCUT2D eigenvalue weighted by Crippen LogP contribution is -2.42. The molecule has 1 spiro atoms. The molecule has 5 nitrogen and oxygen atoms in total. The Bertz CT molecular complexity index is 1100. The number of hydrogen-bond acceptors (Lipinski definition) is 4. The van der Waals surface area contributed by atoms with E-state index in [1.807, 2.05) is 56.3 Å². The molecule has 1 fully saturated rings. The van der Waals surface area contributed by atoms with Crippen molar-refractivity contribution in [2.75, 3.05) is 31.3 Å². The zero-order chi connectivity index (χ0) is 20.0. The van der Waals surface area contributed by atoms with Crippen molar-refractivity contribution >= 4 is 22.4 Å². The highest BCUT2D eigenvalue weighted by Crippen LogP contribution is 2.48. The predicted octanol–water partition coefficient (Wildman–Crippen LogP) is 4.08. The average molecular weight is 389 g/mol. The first-order chi connectivity index (χ1) is 14.1. The molecule has 148 valence electrons. The predicted molar refractivity (Wildman–Crippen MR) is 111 cm³/mol. The Morgan fingerprint density at radius 2 is 1.69 bits per heavy atom. The Balaban J connectivity index is 1.40. The summed E-state index contributed by atoms with van der Waals surface area (Å²) in [6.07, 6.45) is 0. The average Bonchev–Trinajstić information content (AvgIpc) is 3.31. The quantitative estimate of drug-likeness (QED) is 0.675. The molecule has 3 aromatic rings. The second kappa shape index (κ2) is 6.87. The number of anilines is 1. The van der Waals surface area contributed by atoms with E-state index in [1.165, 1.54) is 5.39 Å². The van der Waals surface area contributed by atoms with Gasteiger partial charge in [-0.15, -0.1) is 0 Å². The Hall–Kier alpha value is -2.89. The van der Waals surface area contributed by atoms with Gasteiger partial charge in [-0.1, -0.05) is 42.5 Å². The number of hydrogen-bond donors (Lipinski definition) is 0. The zero-order valence-corrected chi connectivity index (χ0v) is 16.6. The molecule has 0 aliphatic carbocycles. The summed E-state index contributed by atoms with van der Waals surface area (Å²) in [4.78, 5) is 15.1. The number of nitrogens with zero attached hydrogens (tertiary/aromatic N) is 1. The van der Waals surface area contributed by atoms with Crippen LogP contribution >= 0.6 is 0 Å². The van der Waals surface area contributed by atoms with E-state index in [4.69, 9.17) is 14.2 Å². The Kier molecular flexibility index (Phi) is 4.30. The van der Waals surface area contributed by atoms with Gasteiger partial charge in [0.05, 0.1) is 25.4 Å². The van der Waals surface area contributed by atoms with E-state index < -0.39 is 5.79 Å². The highest BCUT2D eigenvalue weighted by molar-refractivity contribution is 6.07. The monoisotopic (exact) mass is 389 g/mol. The van der Waals surface area contributed by atoms with E-state index in [2.05, 4.69) is 12.1 Å². The van der Waals surface area contributed by atoms with Crippen molar-refractivity contribution in [2.24, 2.45) is 0 Å². The molecular formula is C24H23NO4. The standard InChI is InChI=1S/C24H23NO4/c1-16-7-8-17(2)22-21(16)24(28-13-14-29-24)23(26)25(22)11-12-27-20-10-9-18-5-3-4-6-19(18)15-20/h3-10,15H,11-14H2,1-2H3. The van der Waals surface area contributed by atoms with Crippen LogP contribution in [0.15, 0.2) is 54.6 Å². The summed E-state index contributed by atoms with van der Waals surface area (Å²) in [5.41, 5.74) is 3.75. The molecule has 0 saturated carbocycles. The van der Waals surface area contributed by atoms with Crippen LogP contribution in [0.4, 0.5) is 5.69 Å². The second-order valence-electron chi connectivity index (χ2n) is 7.55. The van der Waals surface area contributed by atoms with Gasteiger partial charge in [0.2, 0.25) is 0 Å². The van der Waals surface area contributed by atoms with Crippen LogP contribution in [-0.2, 0) is 20.1 Å². The van der Waals surface area contributed by atoms with Gasteiger partial charge < -0.3 is 19.1 Å². The minimum atomic E-state index is -1.30. The smallest absolute Gasteiger partial charge is 0.292 e. The molecule has 0 N–H and O–H groups in total. The molecule has 5 heteroatoms. The summed E-state index contributed by atoms with van der Waals surface area (Å²) in [6.45, 7) is 5.65. The third-order valence-corrected chi connectivity index (χ3v) is 5.71. The van der Waals surface area contributed by atoms with Crippen LogP contribution < -0.4 is 9.64 Å². The number of carbonyl (C=O) groups is 1. The number of amides is 1. The Morgan fingerprint density at radius 1 is 0.966 bits per heavy atom. The van der Waals surface area contributed by atoms with E-state index >= 15 is 0 Å². The summed E-state index contributed by atoms with van der Waals surface area (Å²) in [7, 11) is 0. The molecular weight excluding hydrogens is 366 g/mol. The topological polar surface area (TPSA) is 48.0 Å². The largest absolute Gasteiger partial charge is 0.492 e. The maximum atomic E-state index is 13.3. The summed E-state index contributed by atoms with van der Waals surface area (Å²) in [5, 5.41) is 2.30. The minimum absolute atomic E-state index is 0.162. The lowest BCUT2D eigenvalue weighted by molar-refractivity contribution is -0.180. The van der Waals surface area contributed by atoms with Crippen molar-refractivity contribution in [2.45, 2.75) is 19.6 Å². The maximum absolute atomic E-state index is 13.3. The van der Waals surface area contributed by atoms with Crippen molar-refractivity contribution in [3.8, 4) is 5.75 Å². The van der Waals surface area contributed by atoms with Gasteiger partial charge in [-0.05, 0) is 47.9 Å². The van der Waals surface area contributed by atoms with Crippen molar-refractivity contribution in [3.05, 3.63) is 71.3 Å². The summed E-state index contributed by atoms with van der Waals surface area (Å²) < 4.78 is 17.7. The van der Waals surface area contributed by atoms with E-state index in [0.29, 0.717) is 26.4 Å². The molecule has 2 heterocycles. The van der Waals surface area contributed by atoms with E-state index in [0.717, 1.165) is 33.5 Å². The van der Waals surface area contributed by atoms with Crippen LogP contribution in [0.1, 0.15) is 16.7 Å². The molecule has 0 unspecified atom stereocenters. The highest BCUT2D eigenvalue weighted by atomic mass is 16.7. The normalized spacial score (nSPS) is 17.3. The molecule has 2 aliphatic rings. The molecule has 0 radical (unpaired) electrons. The maximum Gasteiger partial charge on any atom is 0.292 e. The van der Waals surface area contributed by atoms with Gasteiger partial charge in [-0.25, -0.2) is 0 Å². The Morgan fingerprint density at radius 3 is 2.48 bits per heavy atom. The van der Waals surface area contributed by atoms with Crippen molar-refractivity contribution in [3.63, 3.8) is 0 Å². The fourth-order valence-corrected chi connectivity index (χ4v) is 4.35. The fraction of sp³-hybridized carbons (Fsp3) is 0.292. The first kappa shape index (κ1) is 18.2. The van der Waals surface area contributed by atoms with E-state index in [9.17, 15) is 4.79 Å². The molecule has 3 aromatic carbocycles. The first-order valence-corrected chi connectivity index (χ1v) is 9.92. The number of rotatable bonds is 4. The SMILES string of the molecule is Cc1ccc(C)c2c1N(CCOc1ccc3ccccc3c1)C(=O)C21OCCO1. The molecule has 2 aliphatic heterocycles. The summed E-state index contributed by atoms with van der Waals surface area (Å²) in [6, 6.07) is 18.2. The van der Waals surface area contributed by atoms with Gasteiger partial charge in [-0.3, -0.25) is 4.79 Å². The van der Waals surface area contributed by atoms with Crippen LogP contribution in [-0.4, -0.2) is 32.3 Å². The van der Waals surface area contributed by atoms with Crippen LogP contribution in [0, 0.1) is 13.8 Å². The number of benzene rings is 3. The molecule has 0 atom stereocenters. The minimum Gasteiger partial charge on any atom is -0.492 e. The van der Waals surface area contributed by atoms with E-state index in [1.54, 1.807) is 4.90 Å². The molecule has 5 rings (SSSR count). The number of carbonyl (C=O) groups excluding carboxylic acids is 1. The van der Waals surface area contributed by atoms with E-state index in [-0.39, 0.29) is 5.91 Å². The van der Waals surface area contributed by atoms with Gasteiger partial charge in [0, 0.05) is 5.56 Å². The Labute approximate surface area is 169 Å². The van der Waals surface area contributed by atoms with Gasteiger partial charge >= 0.3 is 0 Å². The third kappa shape index (κ3) is 2.81. The summed E-state index contributed by atoms with van der Waals surface area (Å²) >= 11 is 0. The van der Waals surface area contributed by atoms with Crippen LogP contribution in [0.25, 0.3) is 10.8 Å². The van der Waals surface area contributed by atoms with Crippen molar-refractivity contribution in [1.82, 2.24) is 0 Å². The lowest BCUT2D eigenvalue weighted by atomic mass is 9.98. The number of aryl methyl sites for hydroxylation is 2. The van der Waals surface area contributed by atoms with Gasteiger partial charge in [0.1, 0.15) is 12.4 Å². The molecule has 1 saturated heterocycles. The highest BCUT2D eigenvalue weighted by Gasteiger charge is 2.57. The van der Waals surface area contributed by atoms with Crippen molar-refractivity contribution < 1.29 is 19.0 Å². The number of ether oxygens (including phenoxy) is 3. The molecule has 29 heavy (non-hydrogen) atoms. The van der Waals surface area contributed by atoms with Gasteiger partial charge in [-0.2, -0.15) is 0 Å². The first-order valence-electron chi connectivity index (χ1n) is 9.92.